The van der Waals surface area contributed by atoms with Crippen LogP contribution in [0.5, 0.6) is 0 Å². The van der Waals surface area contributed by atoms with E-state index in [4.69, 9.17) is 11.6 Å². The molecule has 9 heteroatoms. The predicted molar refractivity (Wildman–Crippen MR) is 120 cm³/mol. The second-order valence-corrected chi connectivity index (χ2v) is 8.35. The van der Waals surface area contributed by atoms with Crippen molar-refractivity contribution in [2.45, 2.75) is 19.3 Å². The van der Waals surface area contributed by atoms with E-state index in [9.17, 15) is 9.59 Å². The lowest BCUT2D eigenvalue weighted by Crippen LogP contribution is -2.44. The minimum absolute atomic E-state index is 0.0202. The van der Waals surface area contributed by atoms with Gasteiger partial charge < -0.3 is 20.0 Å². The summed E-state index contributed by atoms with van der Waals surface area (Å²) >= 11 is 5.99. The molecule has 8 nitrogen and oxygen atoms in total. The third kappa shape index (κ3) is 5.44. The fourth-order valence-corrected chi connectivity index (χ4v) is 4.34. The first-order chi connectivity index (χ1) is 15.1. The van der Waals surface area contributed by atoms with Gasteiger partial charge in [0.2, 0.25) is 11.9 Å². The number of nitrogens with zero attached hydrogens (tertiary/aromatic N) is 5. The average molecular weight is 443 g/mol. The summed E-state index contributed by atoms with van der Waals surface area (Å²) in [6, 6.07) is 8.75. The van der Waals surface area contributed by atoms with Crippen molar-refractivity contribution in [3.63, 3.8) is 0 Å². The second-order valence-electron chi connectivity index (χ2n) is 7.92. The molecule has 3 heterocycles. The number of carbonyl (C=O) groups excluding carboxylic acids is 2. The number of urea groups is 1. The molecular formula is C22H27ClN6O2. The van der Waals surface area contributed by atoms with Crippen molar-refractivity contribution in [3.8, 4) is 0 Å². The normalized spacial score (nSPS) is 17.9. The molecule has 0 unspecified atom stereocenters. The quantitative estimate of drug-likeness (QED) is 0.789. The van der Waals surface area contributed by atoms with Crippen molar-refractivity contribution in [2.75, 3.05) is 49.5 Å². The molecule has 0 spiro atoms. The van der Waals surface area contributed by atoms with Crippen molar-refractivity contribution in [3.05, 3.63) is 47.7 Å². The van der Waals surface area contributed by atoms with Crippen LogP contribution >= 0.6 is 11.6 Å². The van der Waals surface area contributed by atoms with Crippen LogP contribution in [0.3, 0.4) is 0 Å². The zero-order valence-corrected chi connectivity index (χ0v) is 18.2. The summed E-state index contributed by atoms with van der Waals surface area (Å²) in [7, 11) is 0. The number of carbonyl (C=O) groups is 2. The average Bonchev–Trinajstić information content (AvgIpc) is 3.06. The van der Waals surface area contributed by atoms with Crippen molar-refractivity contribution < 1.29 is 9.59 Å². The molecule has 2 aromatic rings. The van der Waals surface area contributed by atoms with Gasteiger partial charge in [-0.3, -0.25) is 4.79 Å². The summed E-state index contributed by atoms with van der Waals surface area (Å²) in [6.45, 7) is 3.95. The lowest BCUT2D eigenvalue weighted by molar-refractivity contribution is -0.136. The van der Waals surface area contributed by atoms with Crippen LogP contribution in [-0.2, 0) is 4.79 Å². The number of amides is 3. The molecule has 4 rings (SSSR count). The number of hydrogen-bond donors (Lipinski definition) is 1. The Balaban J connectivity index is 1.27. The highest BCUT2D eigenvalue weighted by molar-refractivity contribution is 6.30. The Morgan fingerprint density at radius 2 is 1.65 bits per heavy atom. The lowest BCUT2D eigenvalue weighted by atomic mass is 9.95. The van der Waals surface area contributed by atoms with Crippen molar-refractivity contribution in [1.29, 1.82) is 0 Å². The van der Waals surface area contributed by atoms with Crippen LogP contribution in [0.4, 0.5) is 16.4 Å². The Bertz CT molecular complexity index is 904. The molecule has 0 bridgehead atoms. The number of nitrogens with one attached hydrogen (secondary N) is 1. The van der Waals surface area contributed by atoms with Gasteiger partial charge in [0.25, 0.3) is 0 Å². The number of piperidine rings is 1. The maximum Gasteiger partial charge on any atom is 0.321 e. The third-order valence-electron chi connectivity index (χ3n) is 5.85. The SMILES string of the molecule is O=C(Nc1cccc(Cl)c1)N1CCCN(C(=O)C2CCN(c3ncccn3)CC2)CC1. The zero-order chi connectivity index (χ0) is 21.6. The van der Waals surface area contributed by atoms with Gasteiger partial charge in [0.15, 0.2) is 0 Å². The Morgan fingerprint density at radius 3 is 2.39 bits per heavy atom. The zero-order valence-electron chi connectivity index (χ0n) is 17.4. The molecular weight excluding hydrogens is 416 g/mol. The summed E-state index contributed by atoms with van der Waals surface area (Å²) in [6.07, 6.45) is 5.85. The molecule has 2 fully saturated rings. The predicted octanol–water partition coefficient (Wildman–Crippen LogP) is 3.11. The highest BCUT2D eigenvalue weighted by atomic mass is 35.5. The summed E-state index contributed by atoms with van der Waals surface area (Å²) < 4.78 is 0. The number of anilines is 2. The monoisotopic (exact) mass is 442 g/mol. The summed E-state index contributed by atoms with van der Waals surface area (Å²) in [5.74, 6) is 0.946. The molecule has 1 N–H and O–H groups in total. The number of aromatic nitrogens is 2. The Kier molecular flexibility index (Phi) is 6.86. The van der Waals surface area contributed by atoms with Gasteiger partial charge in [0.05, 0.1) is 0 Å². The Morgan fingerprint density at radius 1 is 0.935 bits per heavy atom. The van der Waals surface area contributed by atoms with E-state index in [-0.39, 0.29) is 17.9 Å². The highest BCUT2D eigenvalue weighted by Gasteiger charge is 2.30. The molecule has 164 valence electrons. The Labute approximate surface area is 187 Å². The first-order valence-corrected chi connectivity index (χ1v) is 11.1. The number of rotatable bonds is 3. The van der Waals surface area contributed by atoms with Gasteiger partial charge in [-0.2, -0.15) is 0 Å². The van der Waals surface area contributed by atoms with Gasteiger partial charge in [-0.05, 0) is 43.5 Å². The molecule has 0 saturated carbocycles. The van der Waals surface area contributed by atoms with Crippen LogP contribution in [-0.4, -0.2) is 71.0 Å². The van der Waals surface area contributed by atoms with Crippen LogP contribution in [0, 0.1) is 5.92 Å². The van der Waals surface area contributed by atoms with Crippen LogP contribution < -0.4 is 10.2 Å². The topological polar surface area (TPSA) is 81.7 Å². The van der Waals surface area contributed by atoms with Gasteiger partial charge in [-0.25, -0.2) is 14.8 Å². The van der Waals surface area contributed by atoms with E-state index in [1.165, 1.54) is 0 Å². The summed E-state index contributed by atoms with van der Waals surface area (Å²) in [5.41, 5.74) is 0.670. The molecule has 2 saturated heterocycles. The summed E-state index contributed by atoms with van der Waals surface area (Å²) in [5, 5.41) is 3.47. The fourth-order valence-electron chi connectivity index (χ4n) is 4.15. The van der Waals surface area contributed by atoms with E-state index >= 15 is 0 Å². The first kappa shape index (κ1) is 21.4. The maximum atomic E-state index is 13.1. The fraction of sp³-hybridized carbons (Fsp3) is 0.455. The van der Waals surface area contributed by atoms with E-state index in [2.05, 4.69) is 20.2 Å². The lowest BCUT2D eigenvalue weighted by Gasteiger charge is -2.34. The number of halogens is 1. The molecule has 1 aromatic carbocycles. The highest BCUT2D eigenvalue weighted by Crippen LogP contribution is 2.23. The van der Waals surface area contributed by atoms with E-state index in [1.54, 1.807) is 41.6 Å². The smallest absolute Gasteiger partial charge is 0.321 e. The van der Waals surface area contributed by atoms with Crippen LogP contribution in [0.1, 0.15) is 19.3 Å². The largest absolute Gasteiger partial charge is 0.341 e. The van der Waals surface area contributed by atoms with E-state index in [0.717, 1.165) is 38.3 Å². The van der Waals surface area contributed by atoms with Gasteiger partial charge in [0, 0.05) is 68.3 Å². The van der Waals surface area contributed by atoms with Crippen LogP contribution in [0.2, 0.25) is 5.02 Å². The number of benzene rings is 1. The van der Waals surface area contributed by atoms with Crippen molar-refractivity contribution >= 4 is 35.2 Å². The summed E-state index contributed by atoms with van der Waals surface area (Å²) in [4.78, 5) is 40.2. The third-order valence-corrected chi connectivity index (χ3v) is 6.08. The van der Waals surface area contributed by atoms with E-state index in [0.29, 0.717) is 36.9 Å². The minimum Gasteiger partial charge on any atom is -0.341 e. The minimum atomic E-state index is -0.160. The molecule has 0 aliphatic carbocycles. The molecule has 0 atom stereocenters. The van der Waals surface area contributed by atoms with Crippen molar-refractivity contribution in [2.24, 2.45) is 5.92 Å². The van der Waals surface area contributed by atoms with Gasteiger partial charge in [-0.15, -0.1) is 0 Å². The maximum absolute atomic E-state index is 13.1. The molecule has 2 aliphatic heterocycles. The van der Waals surface area contributed by atoms with Crippen molar-refractivity contribution in [1.82, 2.24) is 19.8 Å². The van der Waals surface area contributed by atoms with E-state index < -0.39 is 0 Å². The molecule has 31 heavy (non-hydrogen) atoms. The second kappa shape index (κ2) is 9.96. The van der Waals surface area contributed by atoms with Crippen LogP contribution in [0.15, 0.2) is 42.7 Å². The van der Waals surface area contributed by atoms with Gasteiger partial charge in [-0.1, -0.05) is 17.7 Å². The van der Waals surface area contributed by atoms with Gasteiger partial charge in [0.1, 0.15) is 0 Å². The first-order valence-electron chi connectivity index (χ1n) is 10.7. The number of hydrogen-bond acceptors (Lipinski definition) is 5. The molecule has 2 aliphatic rings. The Hall–Kier alpha value is -2.87. The molecule has 3 amide bonds. The molecule has 0 radical (unpaired) electrons. The molecule has 1 aromatic heterocycles. The van der Waals surface area contributed by atoms with E-state index in [1.807, 2.05) is 11.0 Å². The van der Waals surface area contributed by atoms with Crippen LogP contribution in [0.25, 0.3) is 0 Å². The standard InChI is InChI=1S/C22H27ClN6O2/c23-18-4-1-5-19(16-18)26-22(31)29-11-3-10-27(14-15-29)20(30)17-6-12-28(13-7-17)21-24-8-2-9-25-21/h1-2,4-5,8-9,16-17H,3,6-7,10-15H2,(H,26,31). The van der Waals surface area contributed by atoms with Gasteiger partial charge >= 0.3 is 6.03 Å².